The molecule has 0 heterocycles. The molecule has 3 N–H and O–H groups in total. The third-order valence-corrected chi connectivity index (χ3v) is 4.36. The van der Waals surface area contributed by atoms with Crippen molar-refractivity contribution in [2.45, 2.75) is 58.6 Å². The molecule has 0 aliphatic carbocycles. The number of amides is 2. The zero-order valence-corrected chi connectivity index (χ0v) is 16.1. The third kappa shape index (κ3) is 9.63. The van der Waals surface area contributed by atoms with E-state index < -0.39 is 18.1 Å². The van der Waals surface area contributed by atoms with Gasteiger partial charge in [-0.15, -0.1) is 0 Å². The zero-order chi connectivity index (χ0) is 20.1. The summed E-state index contributed by atoms with van der Waals surface area (Å²) in [6.07, 6.45) is 2.62. The quantitative estimate of drug-likeness (QED) is 0.485. The Morgan fingerprint density at radius 2 is 1.81 bits per heavy atom. The Morgan fingerprint density at radius 3 is 2.44 bits per heavy atom. The lowest BCUT2D eigenvalue weighted by Crippen LogP contribution is -2.44. The number of ether oxygens (including phenoxy) is 1. The van der Waals surface area contributed by atoms with Gasteiger partial charge in [-0.1, -0.05) is 57.0 Å². The van der Waals surface area contributed by atoms with Gasteiger partial charge in [0.2, 0.25) is 5.91 Å². The fourth-order valence-electron chi connectivity index (χ4n) is 2.48. The van der Waals surface area contributed by atoms with E-state index in [1.165, 1.54) is 0 Å². The molecule has 2 atom stereocenters. The highest BCUT2D eigenvalue weighted by atomic mass is 16.5. The molecule has 0 spiro atoms. The number of carboxylic acid groups (broad SMARTS) is 1. The molecule has 0 radical (unpaired) electrons. The molecule has 0 fully saturated rings. The van der Waals surface area contributed by atoms with E-state index in [4.69, 9.17) is 9.84 Å². The van der Waals surface area contributed by atoms with Gasteiger partial charge in [-0.2, -0.15) is 0 Å². The summed E-state index contributed by atoms with van der Waals surface area (Å²) < 4.78 is 5.10. The number of unbranched alkanes of at least 4 members (excludes halogenated alkanes) is 2. The third-order valence-electron chi connectivity index (χ3n) is 4.36. The van der Waals surface area contributed by atoms with Gasteiger partial charge in [0.15, 0.2) is 0 Å². The van der Waals surface area contributed by atoms with Gasteiger partial charge in [0.1, 0.15) is 12.6 Å². The SMILES string of the molecule is CC[C@@H](C)[C@H](NC(=O)CCCCCNC(=O)OCc1ccccc1)C(=O)O. The molecular formula is C20H30N2O5. The summed E-state index contributed by atoms with van der Waals surface area (Å²) in [5, 5.41) is 14.4. The van der Waals surface area contributed by atoms with Gasteiger partial charge < -0.3 is 20.5 Å². The summed E-state index contributed by atoms with van der Waals surface area (Å²) >= 11 is 0. The van der Waals surface area contributed by atoms with Crippen LogP contribution in [0.5, 0.6) is 0 Å². The van der Waals surface area contributed by atoms with Crippen LogP contribution in [-0.2, 0) is 20.9 Å². The zero-order valence-electron chi connectivity index (χ0n) is 16.1. The predicted octanol–water partition coefficient (Wildman–Crippen LogP) is 3.09. The van der Waals surface area contributed by atoms with Gasteiger partial charge in [0, 0.05) is 13.0 Å². The highest BCUT2D eigenvalue weighted by Crippen LogP contribution is 2.09. The molecule has 1 aromatic rings. The number of aliphatic carboxylic acids is 1. The first-order chi connectivity index (χ1) is 12.9. The Kier molecular flexibility index (Phi) is 10.6. The van der Waals surface area contributed by atoms with Gasteiger partial charge in [-0.25, -0.2) is 9.59 Å². The number of carbonyl (C=O) groups is 3. The highest BCUT2D eigenvalue weighted by molar-refractivity contribution is 5.83. The minimum atomic E-state index is -1.00. The molecule has 7 heteroatoms. The van der Waals surface area contributed by atoms with Crippen molar-refractivity contribution in [2.24, 2.45) is 5.92 Å². The highest BCUT2D eigenvalue weighted by Gasteiger charge is 2.24. The number of carbonyl (C=O) groups excluding carboxylic acids is 2. The largest absolute Gasteiger partial charge is 0.480 e. The van der Waals surface area contributed by atoms with E-state index in [2.05, 4.69) is 10.6 Å². The maximum atomic E-state index is 11.9. The van der Waals surface area contributed by atoms with E-state index in [1.54, 1.807) is 0 Å². The van der Waals surface area contributed by atoms with E-state index in [0.717, 1.165) is 18.4 Å². The standard InChI is InChI=1S/C20H30N2O5/c1-3-15(2)18(19(24)25)22-17(23)12-8-5-9-13-21-20(26)27-14-16-10-6-4-7-11-16/h4,6-7,10-11,15,18H,3,5,8-9,12-14H2,1-2H3,(H,21,26)(H,22,23)(H,24,25)/t15-,18+/m1/s1. The van der Waals surface area contributed by atoms with Crippen molar-refractivity contribution in [2.75, 3.05) is 6.54 Å². The summed E-state index contributed by atoms with van der Waals surface area (Å²) in [4.78, 5) is 34.6. The van der Waals surface area contributed by atoms with Crippen molar-refractivity contribution in [1.82, 2.24) is 10.6 Å². The predicted molar refractivity (Wildman–Crippen MR) is 102 cm³/mol. The summed E-state index contributed by atoms with van der Waals surface area (Å²) in [5.41, 5.74) is 0.927. The van der Waals surface area contributed by atoms with Crippen molar-refractivity contribution >= 4 is 18.0 Å². The van der Waals surface area contributed by atoms with Crippen LogP contribution in [0.4, 0.5) is 4.79 Å². The Labute approximate surface area is 160 Å². The van der Waals surface area contributed by atoms with E-state index in [-0.39, 0.29) is 24.9 Å². The van der Waals surface area contributed by atoms with Gasteiger partial charge >= 0.3 is 12.1 Å². The maximum absolute atomic E-state index is 11.9. The number of nitrogens with one attached hydrogen (secondary N) is 2. The van der Waals surface area contributed by atoms with E-state index >= 15 is 0 Å². The monoisotopic (exact) mass is 378 g/mol. The lowest BCUT2D eigenvalue weighted by Gasteiger charge is -2.20. The number of benzene rings is 1. The molecule has 0 saturated heterocycles. The fourth-order valence-corrected chi connectivity index (χ4v) is 2.48. The number of rotatable bonds is 12. The van der Waals surface area contributed by atoms with Gasteiger partial charge in [-0.05, 0) is 24.3 Å². The van der Waals surface area contributed by atoms with Gasteiger partial charge in [0.25, 0.3) is 0 Å². The van der Waals surface area contributed by atoms with Crippen LogP contribution in [0.2, 0.25) is 0 Å². The van der Waals surface area contributed by atoms with Crippen molar-refractivity contribution in [3.8, 4) is 0 Å². The van der Waals surface area contributed by atoms with Crippen molar-refractivity contribution < 1.29 is 24.2 Å². The number of hydrogen-bond acceptors (Lipinski definition) is 4. The minimum absolute atomic E-state index is 0.113. The molecule has 2 amide bonds. The lowest BCUT2D eigenvalue weighted by molar-refractivity contribution is -0.143. The van der Waals surface area contributed by atoms with Crippen LogP contribution in [0.15, 0.2) is 30.3 Å². The van der Waals surface area contributed by atoms with Crippen LogP contribution in [0, 0.1) is 5.92 Å². The van der Waals surface area contributed by atoms with Crippen LogP contribution in [-0.4, -0.2) is 35.7 Å². The number of hydrogen-bond donors (Lipinski definition) is 3. The molecule has 7 nitrogen and oxygen atoms in total. The second kappa shape index (κ2) is 12.7. The Balaban J connectivity index is 2.09. The Morgan fingerprint density at radius 1 is 1.11 bits per heavy atom. The normalized spacial score (nSPS) is 12.7. The van der Waals surface area contributed by atoms with E-state index in [9.17, 15) is 14.4 Å². The maximum Gasteiger partial charge on any atom is 0.407 e. The van der Waals surface area contributed by atoms with Crippen molar-refractivity contribution in [3.05, 3.63) is 35.9 Å². The molecule has 150 valence electrons. The molecule has 0 aliphatic heterocycles. The Bertz CT molecular complexity index is 591. The van der Waals surface area contributed by atoms with Crippen LogP contribution in [0.3, 0.4) is 0 Å². The molecule has 0 aromatic heterocycles. The first-order valence-electron chi connectivity index (χ1n) is 9.40. The Hall–Kier alpha value is -2.57. The first kappa shape index (κ1) is 22.5. The minimum Gasteiger partial charge on any atom is -0.480 e. The number of alkyl carbamates (subject to hydrolysis) is 1. The molecule has 0 saturated carbocycles. The summed E-state index contributed by atoms with van der Waals surface area (Å²) in [6, 6.07) is 8.59. The summed E-state index contributed by atoms with van der Waals surface area (Å²) in [7, 11) is 0. The summed E-state index contributed by atoms with van der Waals surface area (Å²) in [5.74, 6) is -1.37. The molecule has 1 aromatic carbocycles. The van der Waals surface area contributed by atoms with Gasteiger partial charge in [0.05, 0.1) is 0 Å². The average molecular weight is 378 g/mol. The first-order valence-corrected chi connectivity index (χ1v) is 9.40. The molecule has 0 aliphatic rings. The molecule has 0 unspecified atom stereocenters. The second-order valence-electron chi connectivity index (χ2n) is 6.57. The van der Waals surface area contributed by atoms with Crippen LogP contribution >= 0.6 is 0 Å². The van der Waals surface area contributed by atoms with Gasteiger partial charge in [-0.3, -0.25) is 4.79 Å². The molecule has 27 heavy (non-hydrogen) atoms. The van der Waals surface area contributed by atoms with Crippen molar-refractivity contribution in [1.29, 1.82) is 0 Å². The fraction of sp³-hybridized carbons (Fsp3) is 0.550. The van der Waals surface area contributed by atoms with Crippen molar-refractivity contribution in [3.63, 3.8) is 0 Å². The number of carboxylic acids is 1. The molecule has 1 rings (SSSR count). The van der Waals surface area contributed by atoms with Crippen LogP contribution < -0.4 is 10.6 Å². The molecule has 0 bridgehead atoms. The average Bonchev–Trinajstić information content (AvgIpc) is 2.67. The molecular weight excluding hydrogens is 348 g/mol. The lowest BCUT2D eigenvalue weighted by atomic mass is 9.99. The topological polar surface area (TPSA) is 105 Å². The van der Waals surface area contributed by atoms with Crippen LogP contribution in [0.1, 0.15) is 51.5 Å². The van der Waals surface area contributed by atoms with Crippen LogP contribution in [0.25, 0.3) is 0 Å². The summed E-state index contributed by atoms with van der Waals surface area (Å²) in [6.45, 7) is 4.40. The smallest absolute Gasteiger partial charge is 0.407 e. The van der Waals surface area contributed by atoms with E-state index in [1.807, 2.05) is 44.2 Å². The van der Waals surface area contributed by atoms with E-state index in [0.29, 0.717) is 19.4 Å². The second-order valence-corrected chi connectivity index (χ2v) is 6.57.